The van der Waals surface area contributed by atoms with Gasteiger partial charge in [-0.2, -0.15) is 0 Å². The fraction of sp³-hybridized carbons (Fsp3) is 0.562. The smallest absolute Gasteiger partial charge is 0.303 e. The standard InChI is InChI=1S/C16H21BrClNO2/c1-11(7-16(20)21)12-3-2-6-19(9-12)10-13-4-5-14(17)8-15(13)18/h4-5,8,11-12H,2-3,6-7,9-10H2,1H3,(H,20,21). The minimum Gasteiger partial charge on any atom is -0.481 e. The maximum absolute atomic E-state index is 10.9. The molecular formula is C16H21BrClNO2. The number of hydrogen-bond donors (Lipinski definition) is 1. The van der Waals surface area contributed by atoms with Gasteiger partial charge in [0.25, 0.3) is 0 Å². The molecule has 0 spiro atoms. The molecule has 0 aliphatic carbocycles. The quantitative estimate of drug-likeness (QED) is 0.829. The van der Waals surface area contributed by atoms with Crippen LogP contribution in [0.15, 0.2) is 22.7 Å². The summed E-state index contributed by atoms with van der Waals surface area (Å²) in [5.41, 5.74) is 1.13. The summed E-state index contributed by atoms with van der Waals surface area (Å²) < 4.78 is 0.989. The minimum absolute atomic E-state index is 0.227. The van der Waals surface area contributed by atoms with Crippen LogP contribution in [0.4, 0.5) is 0 Å². The number of carboxylic acid groups (broad SMARTS) is 1. The molecule has 2 rings (SSSR count). The van der Waals surface area contributed by atoms with Gasteiger partial charge >= 0.3 is 5.97 Å². The molecule has 0 amide bonds. The first kappa shape index (κ1) is 16.8. The first-order chi connectivity index (χ1) is 9.95. The minimum atomic E-state index is -0.699. The molecule has 116 valence electrons. The largest absolute Gasteiger partial charge is 0.481 e. The molecule has 1 aliphatic rings. The Morgan fingerprint density at radius 1 is 1.57 bits per heavy atom. The Morgan fingerprint density at radius 3 is 3.00 bits per heavy atom. The van der Waals surface area contributed by atoms with Crippen molar-refractivity contribution in [3.8, 4) is 0 Å². The van der Waals surface area contributed by atoms with Gasteiger partial charge in [-0.05, 0) is 48.9 Å². The molecule has 1 aromatic carbocycles. The number of nitrogens with zero attached hydrogens (tertiary/aromatic N) is 1. The van der Waals surface area contributed by atoms with E-state index in [0.717, 1.165) is 47.5 Å². The van der Waals surface area contributed by atoms with Crippen molar-refractivity contribution in [2.75, 3.05) is 13.1 Å². The van der Waals surface area contributed by atoms with Gasteiger partial charge < -0.3 is 5.11 Å². The average molecular weight is 375 g/mol. The number of carbonyl (C=O) groups is 1. The third-order valence-corrected chi connectivity index (χ3v) is 5.10. The number of rotatable bonds is 5. The van der Waals surface area contributed by atoms with Crippen molar-refractivity contribution >= 4 is 33.5 Å². The number of likely N-dealkylation sites (tertiary alicyclic amines) is 1. The van der Waals surface area contributed by atoms with E-state index in [1.54, 1.807) is 0 Å². The van der Waals surface area contributed by atoms with Crippen molar-refractivity contribution in [3.05, 3.63) is 33.3 Å². The van der Waals surface area contributed by atoms with Gasteiger partial charge in [0, 0.05) is 29.0 Å². The summed E-state index contributed by atoms with van der Waals surface area (Å²) in [5, 5.41) is 9.73. The predicted molar refractivity (Wildman–Crippen MR) is 88.6 cm³/mol. The van der Waals surface area contributed by atoms with Crippen molar-refractivity contribution in [1.29, 1.82) is 0 Å². The molecule has 1 saturated heterocycles. The SMILES string of the molecule is CC(CC(=O)O)C1CCCN(Cc2ccc(Br)cc2Cl)C1. The lowest BCUT2D eigenvalue weighted by Gasteiger charge is -2.35. The van der Waals surface area contributed by atoms with Crippen LogP contribution in [0.25, 0.3) is 0 Å². The van der Waals surface area contributed by atoms with Crippen molar-refractivity contribution in [1.82, 2.24) is 4.90 Å². The summed E-state index contributed by atoms with van der Waals surface area (Å²) >= 11 is 9.70. The Hall–Kier alpha value is -0.580. The Bertz CT molecular complexity index is 509. The maximum Gasteiger partial charge on any atom is 0.303 e. The first-order valence-corrected chi connectivity index (χ1v) is 8.51. The number of hydrogen-bond acceptors (Lipinski definition) is 2. The molecule has 2 unspecified atom stereocenters. The summed E-state index contributed by atoms with van der Waals surface area (Å²) in [7, 11) is 0. The Kier molecular flexibility index (Phi) is 6.08. The van der Waals surface area contributed by atoms with E-state index in [1.165, 1.54) is 0 Å². The monoisotopic (exact) mass is 373 g/mol. The fourth-order valence-electron chi connectivity index (χ4n) is 3.03. The second-order valence-corrected chi connectivity index (χ2v) is 7.27. The number of benzene rings is 1. The molecule has 0 saturated carbocycles. The molecular weight excluding hydrogens is 354 g/mol. The van der Waals surface area contributed by atoms with E-state index in [1.807, 2.05) is 12.1 Å². The summed E-state index contributed by atoms with van der Waals surface area (Å²) in [4.78, 5) is 13.3. The van der Waals surface area contributed by atoms with Crippen LogP contribution in [0.3, 0.4) is 0 Å². The highest BCUT2D eigenvalue weighted by atomic mass is 79.9. The highest BCUT2D eigenvalue weighted by Crippen LogP contribution is 2.29. The zero-order chi connectivity index (χ0) is 15.4. The van der Waals surface area contributed by atoms with Gasteiger partial charge in [-0.1, -0.05) is 40.5 Å². The van der Waals surface area contributed by atoms with E-state index in [9.17, 15) is 4.79 Å². The van der Waals surface area contributed by atoms with Gasteiger partial charge in [0.15, 0.2) is 0 Å². The van der Waals surface area contributed by atoms with Gasteiger partial charge in [-0.15, -0.1) is 0 Å². The van der Waals surface area contributed by atoms with Crippen molar-refractivity contribution in [3.63, 3.8) is 0 Å². The van der Waals surface area contributed by atoms with Crippen LogP contribution in [0.1, 0.15) is 31.7 Å². The normalized spacial score (nSPS) is 21.2. The van der Waals surface area contributed by atoms with Crippen molar-refractivity contribution in [2.24, 2.45) is 11.8 Å². The van der Waals surface area contributed by atoms with Crippen LogP contribution in [0.5, 0.6) is 0 Å². The van der Waals surface area contributed by atoms with Crippen LogP contribution in [0, 0.1) is 11.8 Å². The van der Waals surface area contributed by atoms with Gasteiger partial charge in [0.2, 0.25) is 0 Å². The van der Waals surface area contributed by atoms with Gasteiger partial charge in [-0.3, -0.25) is 9.69 Å². The summed E-state index contributed by atoms with van der Waals surface area (Å²) in [6, 6.07) is 5.98. The van der Waals surface area contributed by atoms with Gasteiger partial charge in [0.1, 0.15) is 0 Å². The van der Waals surface area contributed by atoms with Gasteiger partial charge in [-0.25, -0.2) is 0 Å². The Balaban J connectivity index is 1.96. The predicted octanol–water partition coefficient (Wildman–Crippen LogP) is 4.43. The highest BCUT2D eigenvalue weighted by Gasteiger charge is 2.26. The molecule has 0 aromatic heterocycles. The molecule has 1 N–H and O–H groups in total. The highest BCUT2D eigenvalue weighted by molar-refractivity contribution is 9.10. The third kappa shape index (κ3) is 4.97. The molecule has 1 aliphatic heterocycles. The zero-order valence-electron chi connectivity index (χ0n) is 12.2. The van der Waals surface area contributed by atoms with Gasteiger partial charge in [0.05, 0.1) is 0 Å². The molecule has 1 aromatic rings. The number of halogens is 2. The van der Waals surface area contributed by atoms with E-state index >= 15 is 0 Å². The number of carboxylic acids is 1. The summed E-state index contributed by atoms with van der Waals surface area (Å²) in [5.74, 6) is -0.00894. The Labute approximate surface area is 139 Å². The van der Waals surface area contributed by atoms with E-state index in [4.69, 9.17) is 16.7 Å². The van der Waals surface area contributed by atoms with Crippen LogP contribution in [0.2, 0.25) is 5.02 Å². The van der Waals surface area contributed by atoms with Crippen LogP contribution in [-0.4, -0.2) is 29.1 Å². The second kappa shape index (κ2) is 7.61. The van der Waals surface area contributed by atoms with Crippen LogP contribution < -0.4 is 0 Å². The molecule has 0 radical (unpaired) electrons. The molecule has 3 nitrogen and oxygen atoms in total. The van der Waals surface area contributed by atoms with E-state index in [-0.39, 0.29) is 12.3 Å². The third-order valence-electron chi connectivity index (χ3n) is 4.25. The molecule has 0 bridgehead atoms. The molecule has 1 fully saturated rings. The zero-order valence-corrected chi connectivity index (χ0v) is 14.5. The molecule has 2 atom stereocenters. The molecule has 1 heterocycles. The van der Waals surface area contributed by atoms with Crippen molar-refractivity contribution in [2.45, 2.75) is 32.7 Å². The summed E-state index contributed by atoms with van der Waals surface area (Å²) in [6.07, 6.45) is 2.51. The first-order valence-electron chi connectivity index (χ1n) is 7.33. The summed E-state index contributed by atoms with van der Waals surface area (Å²) in [6.45, 7) is 4.90. The topological polar surface area (TPSA) is 40.5 Å². The second-order valence-electron chi connectivity index (χ2n) is 5.95. The fourth-order valence-corrected chi connectivity index (χ4v) is 3.77. The molecule has 21 heavy (non-hydrogen) atoms. The van der Waals surface area contributed by atoms with Crippen LogP contribution >= 0.6 is 27.5 Å². The lowest BCUT2D eigenvalue weighted by molar-refractivity contribution is -0.138. The maximum atomic E-state index is 10.9. The van der Waals surface area contributed by atoms with Crippen molar-refractivity contribution < 1.29 is 9.90 Å². The van der Waals surface area contributed by atoms with Crippen LogP contribution in [-0.2, 0) is 11.3 Å². The lowest BCUT2D eigenvalue weighted by atomic mass is 9.84. The van der Waals surface area contributed by atoms with E-state index in [2.05, 4.69) is 33.8 Å². The average Bonchev–Trinajstić information content (AvgIpc) is 2.41. The number of piperidine rings is 1. The molecule has 5 heteroatoms. The van der Waals surface area contributed by atoms with E-state index in [0.29, 0.717) is 5.92 Å². The number of aliphatic carboxylic acids is 1. The van der Waals surface area contributed by atoms with E-state index < -0.39 is 5.97 Å². The Morgan fingerprint density at radius 2 is 2.33 bits per heavy atom. The lowest BCUT2D eigenvalue weighted by Crippen LogP contribution is -2.37.